The Morgan fingerprint density at radius 2 is 1.92 bits per heavy atom. The third kappa shape index (κ3) is 4.17. The van der Waals surface area contributed by atoms with Crippen molar-refractivity contribution in [1.82, 2.24) is 4.90 Å². The number of benzene rings is 1. The highest BCUT2D eigenvalue weighted by atomic mass is 32.2. The Bertz CT molecular complexity index is 811. The fourth-order valence-electron chi connectivity index (χ4n) is 3.01. The van der Waals surface area contributed by atoms with Gasteiger partial charge >= 0.3 is 5.97 Å². The fourth-order valence-corrected chi connectivity index (χ4v) is 3.90. The number of hydrogen-bond donors (Lipinski definition) is 0. The van der Waals surface area contributed by atoms with E-state index in [4.69, 9.17) is 4.74 Å². The summed E-state index contributed by atoms with van der Waals surface area (Å²) in [4.78, 5) is 28.1. The van der Waals surface area contributed by atoms with E-state index in [0.29, 0.717) is 12.2 Å². The monoisotopic (exact) mass is 382 g/mol. The minimum Gasteiger partial charge on any atom is -0.423 e. The van der Waals surface area contributed by atoms with E-state index in [1.54, 1.807) is 22.8 Å². The highest BCUT2D eigenvalue weighted by Crippen LogP contribution is 2.34. The molecule has 144 valence electrons. The summed E-state index contributed by atoms with van der Waals surface area (Å²) in [6, 6.07) is 4.42. The maximum atomic E-state index is 12.7. The molecule has 0 spiro atoms. The summed E-state index contributed by atoms with van der Waals surface area (Å²) >= 11 is 0. The molecule has 1 aliphatic heterocycles. The van der Waals surface area contributed by atoms with E-state index in [9.17, 15) is 18.0 Å². The molecule has 7 nitrogen and oxygen atoms in total. The average molecular weight is 382 g/mol. The van der Waals surface area contributed by atoms with Crippen molar-refractivity contribution in [2.45, 2.75) is 45.1 Å². The smallest absolute Gasteiger partial charge is 0.331 e. The van der Waals surface area contributed by atoms with Crippen LogP contribution in [0.3, 0.4) is 0 Å². The first-order valence-corrected chi connectivity index (χ1v) is 10.3. The van der Waals surface area contributed by atoms with E-state index in [1.165, 1.54) is 12.1 Å². The minimum atomic E-state index is -3.41. The number of hydrogen-bond acceptors (Lipinski definition) is 6. The maximum Gasteiger partial charge on any atom is 0.331 e. The van der Waals surface area contributed by atoms with Crippen LogP contribution in [0.25, 0.3) is 0 Å². The van der Waals surface area contributed by atoms with Crippen LogP contribution < -0.4 is 9.64 Å². The van der Waals surface area contributed by atoms with Crippen LogP contribution in [0.4, 0.5) is 5.69 Å². The van der Waals surface area contributed by atoms with Crippen LogP contribution in [0, 0.1) is 0 Å². The number of sulfone groups is 1. The van der Waals surface area contributed by atoms with Gasteiger partial charge in [0.05, 0.1) is 22.9 Å². The Balaban J connectivity index is 2.34. The van der Waals surface area contributed by atoms with Gasteiger partial charge in [-0.05, 0) is 39.8 Å². The van der Waals surface area contributed by atoms with Gasteiger partial charge in [-0.1, -0.05) is 6.92 Å². The molecule has 0 radical (unpaired) electrons. The molecule has 0 atom stereocenters. The Kier molecular flexibility index (Phi) is 5.65. The number of carbonyl (C=O) groups excluding carboxylic acids is 2. The first-order valence-electron chi connectivity index (χ1n) is 8.62. The Morgan fingerprint density at radius 3 is 2.46 bits per heavy atom. The molecule has 1 heterocycles. The van der Waals surface area contributed by atoms with Crippen LogP contribution in [-0.2, 0) is 19.4 Å². The van der Waals surface area contributed by atoms with Gasteiger partial charge in [-0.3, -0.25) is 4.79 Å². The van der Waals surface area contributed by atoms with Crippen molar-refractivity contribution in [2.24, 2.45) is 0 Å². The van der Waals surface area contributed by atoms with Crippen LogP contribution in [0.1, 0.15) is 34.6 Å². The molecule has 1 aromatic rings. The summed E-state index contributed by atoms with van der Waals surface area (Å²) in [5.41, 5.74) is 0.210. The van der Waals surface area contributed by atoms with Crippen molar-refractivity contribution in [3.63, 3.8) is 0 Å². The highest BCUT2D eigenvalue weighted by molar-refractivity contribution is 7.91. The third-order valence-corrected chi connectivity index (χ3v) is 6.04. The van der Waals surface area contributed by atoms with E-state index in [-0.39, 0.29) is 40.9 Å². The summed E-state index contributed by atoms with van der Waals surface area (Å²) in [6.45, 7) is 9.84. The van der Waals surface area contributed by atoms with Gasteiger partial charge in [-0.2, -0.15) is 0 Å². The van der Waals surface area contributed by atoms with Gasteiger partial charge < -0.3 is 14.5 Å². The van der Waals surface area contributed by atoms with Crippen molar-refractivity contribution in [2.75, 3.05) is 30.3 Å². The van der Waals surface area contributed by atoms with Gasteiger partial charge in [0.15, 0.2) is 15.6 Å². The summed E-state index contributed by atoms with van der Waals surface area (Å²) in [5, 5.41) is 0. The standard InChI is InChI=1S/C18H26N2O5S/c1-6-20(18(3,4)5)16(21)11-19-12-17(22)25-15-10-13(8-9-14(15)19)26(23,24)7-2/h8-10H,6-7,11-12H2,1-5H3. The van der Waals surface area contributed by atoms with Gasteiger partial charge in [0, 0.05) is 18.2 Å². The van der Waals surface area contributed by atoms with Crippen molar-refractivity contribution >= 4 is 27.4 Å². The molecule has 8 heteroatoms. The molecule has 0 saturated carbocycles. The Labute approximate surface area is 154 Å². The lowest BCUT2D eigenvalue weighted by molar-refractivity contribution is -0.135. The Hall–Kier alpha value is -2.09. The molecule has 0 saturated heterocycles. The van der Waals surface area contributed by atoms with Gasteiger partial charge in [-0.25, -0.2) is 13.2 Å². The minimum absolute atomic E-state index is 0.0209. The van der Waals surface area contributed by atoms with E-state index < -0.39 is 15.8 Å². The number of nitrogens with zero attached hydrogens (tertiary/aromatic N) is 2. The zero-order valence-electron chi connectivity index (χ0n) is 15.9. The number of likely N-dealkylation sites (N-methyl/N-ethyl adjacent to an activating group) is 1. The van der Waals surface area contributed by atoms with E-state index >= 15 is 0 Å². The van der Waals surface area contributed by atoms with Crippen LogP contribution in [0.15, 0.2) is 23.1 Å². The molecule has 1 aromatic carbocycles. The quantitative estimate of drug-likeness (QED) is 0.571. The lowest BCUT2D eigenvalue weighted by Crippen LogP contribution is -2.51. The molecule has 1 amide bonds. The second-order valence-corrected chi connectivity index (χ2v) is 9.45. The van der Waals surface area contributed by atoms with E-state index in [1.807, 2.05) is 27.7 Å². The van der Waals surface area contributed by atoms with Crippen molar-refractivity contribution in [1.29, 1.82) is 0 Å². The number of esters is 1. The predicted octanol–water partition coefficient (Wildman–Crippen LogP) is 1.85. The second kappa shape index (κ2) is 7.26. The number of carbonyl (C=O) groups is 2. The first kappa shape index (κ1) is 20.2. The van der Waals surface area contributed by atoms with E-state index in [0.717, 1.165) is 0 Å². The SMILES string of the molecule is CCN(C(=O)CN1CC(=O)Oc2cc(S(=O)(=O)CC)ccc21)C(C)(C)C. The lowest BCUT2D eigenvalue weighted by atomic mass is 10.1. The number of anilines is 1. The molecule has 0 N–H and O–H groups in total. The summed E-state index contributed by atoms with van der Waals surface area (Å²) in [5.74, 6) is -0.498. The topological polar surface area (TPSA) is 84.0 Å². The van der Waals surface area contributed by atoms with Crippen LogP contribution >= 0.6 is 0 Å². The van der Waals surface area contributed by atoms with Crippen molar-refractivity contribution < 1.29 is 22.7 Å². The molecule has 0 aliphatic carbocycles. The van der Waals surface area contributed by atoms with Gasteiger partial charge in [0.2, 0.25) is 5.91 Å². The zero-order chi connectivity index (χ0) is 19.7. The Morgan fingerprint density at radius 1 is 1.27 bits per heavy atom. The number of fused-ring (bicyclic) bond motifs is 1. The van der Waals surface area contributed by atoms with Crippen molar-refractivity contribution in [3.8, 4) is 5.75 Å². The fraction of sp³-hybridized carbons (Fsp3) is 0.556. The molecule has 1 aliphatic rings. The summed E-state index contributed by atoms with van der Waals surface area (Å²) in [6.07, 6.45) is 0. The summed E-state index contributed by atoms with van der Waals surface area (Å²) in [7, 11) is -3.41. The largest absolute Gasteiger partial charge is 0.423 e. The molecular weight excluding hydrogens is 356 g/mol. The van der Waals surface area contributed by atoms with Gasteiger partial charge in [-0.15, -0.1) is 0 Å². The van der Waals surface area contributed by atoms with Gasteiger partial charge in [0.25, 0.3) is 0 Å². The maximum absolute atomic E-state index is 12.7. The predicted molar refractivity (Wildman–Crippen MR) is 99.2 cm³/mol. The lowest BCUT2D eigenvalue weighted by Gasteiger charge is -2.37. The number of rotatable bonds is 5. The number of ether oxygens (including phenoxy) is 1. The van der Waals surface area contributed by atoms with Gasteiger partial charge in [0.1, 0.15) is 6.54 Å². The molecule has 0 aromatic heterocycles. The molecule has 2 rings (SSSR count). The molecule has 0 bridgehead atoms. The zero-order valence-corrected chi connectivity index (χ0v) is 16.7. The second-order valence-electron chi connectivity index (χ2n) is 7.17. The normalized spacial score (nSPS) is 14.7. The van der Waals surface area contributed by atoms with Crippen LogP contribution in [-0.4, -0.2) is 56.1 Å². The van der Waals surface area contributed by atoms with E-state index in [2.05, 4.69) is 0 Å². The highest BCUT2D eigenvalue weighted by Gasteiger charge is 2.31. The first-order chi connectivity index (χ1) is 12.0. The van der Waals surface area contributed by atoms with Crippen LogP contribution in [0.2, 0.25) is 0 Å². The van der Waals surface area contributed by atoms with Crippen molar-refractivity contribution in [3.05, 3.63) is 18.2 Å². The average Bonchev–Trinajstić information content (AvgIpc) is 2.53. The molecular formula is C18H26N2O5S. The van der Waals surface area contributed by atoms with Crippen LogP contribution in [0.5, 0.6) is 5.75 Å². The molecule has 0 fully saturated rings. The molecule has 26 heavy (non-hydrogen) atoms. The third-order valence-electron chi connectivity index (χ3n) is 4.31. The summed E-state index contributed by atoms with van der Waals surface area (Å²) < 4.78 is 29.3. The molecule has 0 unspecified atom stereocenters. The number of amides is 1.